The van der Waals surface area contributed by atoms with Crippen LogP contribution in [0.5, 0.6) is 0 Å². The first-order chi connectivity index (χ1) is 13.8. The number of allylic oxidation sites excluding steroid dienone is 1. The number of anilines is 1. The summed E-state index contributed by atoms with van der Waals surface area (Å²) in [7, 11) is 0. The minimum atomic E-state index is 0.208. The van der Waals surface area contributed by atoms with Gasteiger partial charge in [0.15, 0.2) is 0 Å². The molecule has 0 radical (unpaired) electrons. The Morgan fingerprint density at radius 3 is 2.71 bits per heavy atom. The van der Waals surface area contributed by atoms with Crippen LogP contribution in [0, 0.1) is 11.3 Å². The predicted octanol–water partition coefficient (Wildman–Crippen LogP) is 4.25. The van der Waals surface area contributed by atoms with E-state index in [9.17, 15) is 0 Å². The Kier molecular flexibility index (Phi) is 6.53. The van der Waals surface area contributed by atoms with Gasteiger partial charge in [-0.3, -0.25) is 9.98 Å². The van der Waals surface area contributed by atoms with Crippen molar-refractivity contribution in [2.75, 3.05) is 11.9 Å². The van der Waals surface area contributed by atoms with Crippen molar-refractivity contribution >= 4 is 17.6 Å². The number of nitrogens with zero attached hydrogens (tertiary/aromatic N) is 3. The molecule has 0 aliphatic heterocycles. The maximum atomic E-state index is 8.89. The second-order valence-corrected chi connectivity index (χ2v) is 6.11. The number of nitrogens with one attached hydrogen (secondary N) is 1. The van der Waals surface area contributed by atoms with Gasteiger partial charge in [0.05, 0.1) is 12.6 Å². The molecule has 0 atom stereocenters. The molecule has 5 nitrogen and oxygen atoms in total. The van der Waals surface area contributed by atoms with E-state index in [1.165, 1.54) is 0 Å². The molecule has 0 spiro atoms. The summed E-state index contributed by atoms with van der Waals surface area (Å²) in [5.41, 5.74) is 11.8. The first-order valence-electron chi connectivity index (χ1n) is 8.93. The summed E-state index contributed by atoms with van der Waals surface area (Å²) >= 11 is 0. The molecule has 2 aromatic carbocycles. The maximum Gasteiger partial charge on any atom is 0.103 e. The average Bonchev–Trinajstić information content (AvgIpc) is 2.76. The van der Waals surface area contributed by atoms with Gasteiger partial charge in [-0.05, 0) is 41.0 Å². The topological polar surface area (TPSA) is 87.1 Å². The highest BCUT2D eigenvalue weighted by molar-refractivity contribution is 5.88. The molecular weight excluding hydrogens is 346 g/mol. The van der Waals surface area contributed by atoms with E-state index in [0.717, 1.165) is 27.9 Å². The van der Waals surface area contributed by atoms with Crippen LogP contribution >= 0.6 is 0 Å². The lowest BCUT2D eigenvalue weighted by atomic mass is 10.00. The van der Waals surface area contributed by atoms with Gasteiger partial charge >= 0.3 is 0 Å². The van der Waals surface area contributed by atoms with Gasteiger partial charge in [0.1, 0.15) is 6.54 Å². The summed E-state index contributed by atoms with van der Waals surface area (Å²) in [5.74, 6) is 0. The third-order valence-electron chi connectivity index (χ3n) is 4.15. The van der Waals surface area contributed by atoms with Crippen molar-refractivity contribution < 1.29 is 0 Å². The fourth-order valence-electron chi connectivity index (χ4n) is 2.75. The third kappa shape index (κ3) is 5.05. The molecule has 0 aliphatic carbocycles. The number of nitriles is 1. The van der Waals surface area contributed by atoms with Gasteiger partial charge in [-0.15, -0.1) is 0 Å². The molecule has 3 N–H and O–H groups in total. The molecule has 0 saturated heterocycles. The fraction of sp³-hybridized carbons (Fsp3) is 0.0870. The van der Waals surface area contributed by atoms with E-state index in [4.69, 9.17) is 11.0 Å². The van der Waals surface area contributed by atoms with Crippen molar-refractivity contribution in [1.82, 2.24) is 4.98 Å². The molecule has 0 bridgehead atoms. The minimum absolute atomic E-state index is 0.208. The van der Waals surface area contributed by atoms with Crippen LogP contribution in [0.1, 0.15) is 11.1 Å². The molecule has 5 heteroatoms. The number of rotatable bonds is 7. The van der Waals surface area contributed by atoms with Crippen molar-refractivity contribution in [2.24, 2.45) is 10.7 Å². The SMILES string of the molecule is N#CCNc1ccc(-c2ccccc2)cc1/C(N)=C/C=NCc1cccnc1. The number of hydrogen-bond donors (Lipinski definition) is 2. The quantitative estimate of drug-likeness (QED) is 0.483. The Labute approximate surface area is 164 Å². The Bertz CT molecular complexity index is 1000. The van der Waals surface area contributed by atoms with Crippen LogP contribution in [0.3, 0.4) is 0 Å². The van der Waals surface area contributed by atoms with Crippen LogP contribution in [-0.2, 0) is 6.54 Å². The Morgan fingerprint density at radius 2 is 1.96 bits per heavy atom. The zero-order valence-corrected chi connectivity index (χ0v) is 15.4. The van der Waals surface area contributed by atoms with Gasteiger partial charge in [-0.25, -0.2) is 0 Å². The van der Waals surface area contributed by atoms with Gasteiger partial charge in [-0.1, -0.05) is 42.5 Å². The van der Waals surface area contributed by atoms with Crippen LogP contribution in [-0.4, -0.2) is 17.7 Å². The van der Waals surface area contributed by atoms with Crippen molar-refractivity contribution in [3.63, 3.8) is 0 Å². The number of pyridine rings is 1. The predicted molar refractivity (Wildman–Crippen MR) is 115 cm³/mol. The molecule has 0 saturated carbocycles. The summed E-state index contributed by atoms with van der Waals surface area (Å²) in [6, 6.07) is 22.0. The lowest BCUT2D eigenvalue weighted by Crippen LogP contribution is -2.06. The zero-order chi connectivity index (χ0) is 19.6. The Hall–Kier alpha value is -3.91. The molecule has 0 unspecified atom stereocenters. The Morgan fingerprint density at radius 1 is 1.11 bits per heavy atom. The van der Waals surface area contributed by atoms with Crippen LogP contribution in [0.15, 0.2) is 84.1 Å². The van der Waals surface area contributed by atoms with Crippen molar-refractivity contribution in [1.29, 1.82) is 5.26 Å². The zero-order valence-electron chi connectivity index (χ0n) is 15.4. The van der Waals surface area contributed by atoms with Gasteiger partial charge in [0.2, 0.25) is 0 Å². The van der Waals surface area contributed by atoms with Gasteiger partial charge in [0, 0.05) is 35.6 Å². The van der Waals surface area contributed by atoms with Crippen LogP contribution < -0.4 is 11.1 Å². The minimum Gasteiger partial charge on any atom is -0.398 e. The fourth-order valence-corrected chi connectivity index (χ4v) is 2.75. The highest BCUT2D eigenvalue weighted by Gasteiger charge is 2.07. The van der Waals surface area contributed by atoms with Crippen molar-refractivity contribution in [3.05, 3.63) is 90.3 Å². The largest absolute Gasteiger partial charge is 0.398 e. The molecule has 0 fully saturated rings. The van der Waals surface area contributed by atoms with Crippen molar-refractivity contribution in [2.45, 2.75) is 6.54 Å². The number of hydrogen-bond acceptors (Lipinski definition) is 5. The van der Waals surface area contributed by atoms with E-state index < -0.39 is 0 Å². The van der Waals surface area contributed by atoms with Gasteiger partial charge < -0.3 is 11.1 Å². The highest BCUT2D eigenvalue weighted by Crippen LogP contribution is 2.28. The summed E-state index contributed by atoms with van der Waals surface area (Å²) in [5, 5.41) is 12.0. The van der Waals surface area contributed by atoms with E-state index in [1.807, 2.05) is 48.5 Å². The first-order valence-corrected chi connectivity index (χ1v) is 8.93. The molecule has 1 heterocycles. The van der Waals surface area contributed by atoms with E-state index in [1.54, 1.807) is 24.7 Å². The summed E-state index contributed by atoms with van der Waals surface area (Å²) in [6.45, 7) is 0.751. The van der Waals surface area contributed by atoms with Crippen LogP contribution in [0.4, 0.5) is 5.69 Å². The molecule has 28 heavy (non-hydrogen) atoms. The number of nitrogens with two attached hydrogens (primary N) is 1. The van der Waals surface area contributed by atoms with Crippen LogP contribution in [0.2, 0.25) is 0 Å². The van der Waals surface area contributed by atoms with E-state index >= 15 is 0 Å². The first kappa shape index (κ1) is 18.9. The van der Waals surface area contributed by atoms with E-state index in [0.29, 0.717) is 12.2 Å². The molecule has 138 valence electrons. The molecule has 3 rings (SSSR count). The third-order valence-corrected chi connectivity index (χ3v) is 4.15. The van der Waals surface area contributed by atoms with E-state index in [-0.39, 0.29) is 6.54 Å². The number of aromatic nitrogens is 1. The molecule has 0 amide bonds. The van der Waals surface area contributed by atoms with Gasteiger partial charge in [-0.2, -0.15) is 5.26 Å². The number of benzene rings is 2. The molecule has 0 aliphatic rings. The smallest absolute Gasteiger partial charge is 0.103 e. The lowest BCUT2D eigenvalue weighted by Gasteiger charge is -2.13. The standard InChI is InChI=1S/C23H21N5/c24-11-14-28-23-9-8-20(19-6-2-1-3-7-19)15-21(23)22(25)10-13-27-17-18-5-4-12-26-16-18/h1-10,12-13,15-16,28H,14,17,25H2/b22-10-,27-13?. The molecule has 3 aromatic rings. The summed E-state index contributed by atoms with van der Waals surface area (Å²) in [4.78, 5) is 8.46. The normalized spacial score (nSPS) is 11.3. The highest BCUT2D eigenvalue weighted by atomic mass is 14.9. The van der Waals surface area contributed by atoms with E-state index in [2.05, 4.69) is 33.5 Å². The second-order valence-electron chi connectivity index (χ2n) is 6.11. The average molecular weight is 367 g/mol. The van der Waals surface area contributed by atoms with Gasteiger partial charge in [0.25, 0.3) is 0 Å². The maximum absolute atomic E-state index is 8.89. The summed E-state index contributed by atoms with van der Waals surface area (Å²) < 4.78 is 0. The lowest BCUT2D eigenvalue weighted by molar-refractivity contribution is 1.05. The summed E-state index contributed by atoms with van der Waals surface area (Å²) in [6.07, 6.45) is 7.00. The molecule has 1 aromatic heterocycles. The Balaban J connectivity index is 1.85. The van der Waals surface area contributed by atoms with Crippen LogP contribution in [0.25, 0.3) is 16.8 Å². The van der Waals surface area contributed by atoms with Crippen molar-refractivity contribution in [3.8, 4) is 17.2 Å². The molecular formula is C23H21N5. The monoisotopic (exact) mass is 367 g/mol. The second kappa shape index (κ2) is 9.70. The number of aliphatic imine (C=N–C) groups is 1.